The number of carbonyl (C=O) groups excluding carboxylic acids is 1. The molecule has 1 amide bonds. The third kappa shape index (κ3) is 11.1. The number of hydrogen-bond acceptors (Lipinski definition) is 9. The fourth-order valence-corrected chi connectivity index (χ4v) is 5.72. The number of non-ortho nitro benzene ring substituents is 1. The number of nitro benzene ring substituents is 1. The molecule has 0 aliphatic carbocycles. The molecule has 0 saturated carbocycles. The average Bonchev–Trinajstić information content (AvgIpc) is 3.10. The van der Waals surface area contributed by atoms with Gasteiger partial charge in [-0.15, -0.1) is 0 Å². The highest BCUT2D eigenvalue weighted by atomic mass is 32.1. The van der Waals surface area contributed by atoms with Crippen molar-refractivity contribution in [3.05, 3.63) is 94.5 Å². The molecule has 4 aromatic rings. The lowest BCUT2D eigenvalue weighted by Gasteiger charge is -2.29. The van der Waals surface area contributed by atoms with Crippen LogP contribution in [0.5, 0.6) is 0 Å². The van der Waals surface area contributed by atoms with Crippen molar-refractivity contribution in [2.45, 2.75) is 12.5 Å². The zero-order valence-electron chi connectivity index (χ0n) is 27.3. The quantitative estimate of drug-likeness (QED) is 0.126. The number of nitrogens with zero attached hydrogens (tertiary/aromatic N) is 2. The Kier molecular flexibility index (Phi) is 14.0. The van der Waals surface area contributed by atoms with E-state index in [1.807, 2.05) is 30.3 Å². The minimum Gasteiger partial charge on any atom is -0.377 e. The molecule has 4 aromatic carbocycles. The van der Waals surface area contributed by atoms with Gasteiger partial charge in [-0.3, -0.25) is 14.9 Å². The second kappa shape index (κ2) is 19.1. The van der Waals surface area contributed by atoms with Gasteiger partial charge in [-0.2, -0.15) is 0 Å². The van der Waals surface area contributed by atoms with E-state index in [4.69, 9.17) is 35.9 Å². The van der Waals surface area contributed by atoms with E-state index in [2.05, 4.69) is 34.9 Å². The van der Waals surface area contributed by atoms with E-state index in [0.717, 1.165) is 32.8 Å². The third-order valence-electron chi connectivity index (χ3n) is 8.00. The first kappa shape index (κ1) is 36.1. The first-order chi connectivity index (χ1) is 24.0. The number of nitro groups is 1. The minimum atomic E-state index is -0.790. The molecule has 0 radical (unpaired) electrons. The average molecular weight is 691 g/mol. The predicted octanol–water partition coefficient (Wildman–Crippen LogP) is 4.72. The van der Waals surface area contributed by atoms with Gasteiger partial charge in [-0.05, 0) is 52.1 Å². The highest BCUT2D eigenvalue weighted by Gasteiger charge is 2.26. The van der Waals surface area contributed by atoms with Gasteiger partial charge >= 0.3 is 0 Å². The van der Waals surface area contributed by atoms with Gasteiger partial charge in [0, 0.05) is 42.7 Å². The van der Waals surface area contributed by atoms with Crippen LogP contribution in [-0.4, -0.2) is 106 Å². The number of hydrogen-bond donors (Lipinski definition) is 2. The number of thiocarbonyl (C=S) groups is 1. The van der Waals surface area contributed by atoms with Gasteiger partial charge in [0.1, 0.15) is 6.04 Å². The molecule has 1 aliphatic heterocycles. The van der Waals surface area contributed by atoms with Gasteiger partial charge < -0.3 is 39.2 Å². The largest absolute Gasteiger partial charge is 0.377 e. The molecule has 1 aliphatic rings. The summed E-state index contributed by atoms with van der Waals surface area (Å²) >= 11 is 5.79. The monoisotopic (exact) mass is 690 g/mol. The van der Waals surface area contributed by atoms with Crippen LogP contribution in [0, 0.1) is 10.1 Å². The molecule has 1 atom stereocenters. The van der Waals surface area contributed by atoms with Crippen LogP contribution < -0.4 is 10.6 Å². The standard InChI is InChI=1S/C36H42N4O8S/c41-35(39-12-14-44-16-18-46-20-22-48-23-21-47-19-17-45-15-13-39)34(24-27-8-10-31(11-9-27)40(42)43)38-36(49)37-33-7-3-6-30-25-28-4-1-2-5-29(28)26-32(30)33/h1-11,25-26,34H,12-24H2,(H2,37,38,49)/t34-/m0/s1. The van der Waals surface area contributed by atoms with Crippen molar-refractivity contribution >= 4 is 56.2 Å². The molecule has 0 bridgehead atoms. The lowest BCUT2D eigenvalue weighted by Crippen LogP contribution is -2.52. The van der Waals surface area contributed by atoms with Gasteiger partial charge in [-0.1, -0.05) is 48.5 Å². The maximum atomic E-state index is 14.2. The Hall–Kier alpha value is -4.24. The Balaban J connectivity index is 1.32. The van der Waals surface area contributed by atoms with Crippen molar-refractivity contribution in [2.75, 3.05) is 84.5 Å². The van der Waals surface area contributed by atoms with E-state index in [1.54, 1.807) is 17.0 Å². The van der Waals surface area contributed by atoms with Crippen molar-refractivity contribution < 1.29 is 33.4 Å². The SMILES string of the molecule is O=C([C@H](Cc1ccc([N+](=O)[O-])cc1)NC(=S)Nc1cccc2cc3ccccc3cc12)N1CCOCCOCCOCCOCCOCC1. The van der Waals surface area contributed by atoms with Crippen LogP contribution in [0.15, 0.2) is 78.9 Å². The second-order valence-corrected chi connectivity index (χ2v) is 11.8. The van der Waals surface area contributed by atoms with Crippen LogP contribution in [0.2, 0.25) is 0 Å². The maximum absolute atomic E-state index is 14.2. The summed E-state index contributed by atoms with van der Waals surface area (Å²) < 4.78 is 28.1. The normalized spacial score (nSPS) is 16.7. The molecule has 0 aromatic heterocycles. The van der Waals surface area contributed by atoms with Crippen molar-refractivity contribution in [1.29, 1.82) is 0 Å². The molecule has 2 N–H and O–H groups in total. The fourth-order valence-electron chi connectivity index (χ4n) is 5.47. The Morgan fingerprint density at radius 3 is 1.84 bits per heavy atom. The highest BCUT2D eigenvalue weighted by molar-refractivity contribution is 7.80. The summed E-state index contributed by atoms with van der Waals surface area (Å²) in [7, 11) is 0. The molecule has 0 spiro atoms. The summed E-state index contributed by atoms with van der Waals surface area (Å²) in [5, 5.41) is 22.4. The molecule has 0 unspecified atom stereocenters. The number of ether oxygens (including phenoxy) is 5. The highest BCUT2D eigenvalue weighted by Crippen LogP contribution is 2.28. The number of amides is 1. The summed E-state index contributed by atoms with van der Waals surface area (Å²) in [5.41, 5.74) is 1.52. The number of nitrogens with one attached hydrogen (secondary N) is 2. The zero-order valence-corrected chi connectivity index (χ0v) is 28.2. The predicted molar refractivity (Wildman–Crippen MR) is 192 cm³/mol. The Morgan fingerprint density at radius 1 is 0.735 bits per heavy atom. The van der Waals surface area contributed by atoms with Crippen LogP contribution in [-0.2, 0) is 34.9 Å². The van der Waals surface area contributed by atoms with Crippen molar-refractivity contribution in [3.8, 4) is 0 Å². The molecule has 1 fully saturated rings. The molecule has 5 rings (SSSR count). The lowest BCUT2D eigenvalue weighted by molar-refractivity contribution is -0.384. The number of anilines is 1. The topological polar surface area (TPSA) is 134 Å². The Morgan fingerprint density at radius 2 is 1.27 bits per heavy atom. The molecular weight excluding hydrogens is 648 g/mol. The molecular formula is C36H42N4O8S. The Labute approximate surface area is 290 Å². The summed E-state index contributed by atoms with van der Waals surface area (Å²) in [5.74, 6) is -0.210. The van der Waals surface area contributed by atoms with Crippen LogP contribution in [0.25, 0.3) is 21.5 Å². The molecule has 260 valence electrons. The van der Waals surface area contributed by atoms with Crippen molar-refractivity contribution in [3.63, 3.8) is 0 Å². The molecule has 1 saturated heterocycles. The van der Waals surface area contributed by atoms with E-state index in [-0.39, 0.29) is 23.1 Å². The minimum absolute atomic E-state index is 0.0253. The molecule has 12 nitrogen and oxygen atoms in total. The van der Waals surface area contributed by atoms with Crippen LogP contribution >= 0.6 is 12.2 Å². The first-order valence-corrected chi connectivity index (χ1v) is 16.8. The summed E-state index contributed by atoms with van der Waals surface area (Å²) in [6, 6.07) is 23.8. The van der Waals surface area contributed by atoms with E-state index in [1.165, 1.54) is 12.1 Å². The summed E-state index contributed by atoms with van der Waals surface area (Å²) in [4.78, 5) is 26.7. The van der Waals surface area contributed by atoms with Crippen molar-refractivity contribution in [2.24, 2.45) is 0 Å². The number of benzene rings is 4. The maximum Gasteiger partial charge on any atom is 0.269 e. The van der Waals surface area contributed by atoms with Crippen LogP contribution in [0.4, 0.5) is 11.4 Å². The molecule has 13 heteroatoms. The molecule has 49 heavy (non-hydrogen) atoms. The van der Waals surface area contributed by atoms with E-state index in [0.29, 0.717) is 79.2 Å². The number of carbonyl (C=O) groups is 1. The van der Waals surface area contributed by atoms with Crippen LogP contribution in [0.3, 0.4) is 0 Å². The van der Waals surface area contributed by atoms with Crippen molar-refractivity contribution in [1.82, 2.24) is 10.2 Å². The van der Waals surface area contributed by atoms with E-state index >= 15 is 0 Å². The van der Waals surface area contributed by atoms with Crippen LogP contribution in [0.1, 0.15) is 5.56 Å². The first-order valence-electron chi connectivity index (χ1n) is 16.4. The van der Waals surface area contributed by atoms with E-state index < -0.39 is 11.0 Å². The van der Waals surface area contributed by atoms with Gasteiger partial charge in [0.05, 0.1) is 71.0 Å². The lowest BCUT2D eigenvalue weighted by atomic mass is 10.0. The van der Waals surface area contributed by atoms with Gasteiger partial charge in [-0.25, -0.2) is 0 Å². The Bertz CT molecular complexity index is 1670. The summed E-state index contributed by atoms with van der Waals surface area (Å²) in [6.07, 6.45) is 0.237. The number of rotatable bonds is 6. The zero-order chi connectivity index (χ0) is 34.3. The summed E-state index contributed by atoms with van der Waals surface area (Å²) in [6.45, 7) is 4.65. The van der Waals surface area contributed by atoms with Gasteiger partial charge in [0.2, 0.25) is 5.91 Å². The second-order valence-electron chi connectivity index (χ2n) is 11.4. The van der Waals surface area contributed by atoms with Gasteiger partial charge in [0.25, 0.3) is 5.69 Å². The number of fused-ring (bicyclic) bond motifs is 2. The smallest absolute Gasteiger partial charge is 0.269 e. The molecule has 1 heterocycles. The van der Waals surface area contributed by atoms with E-state index in [9.17, 15) is 14.9 Å². The third-order valence-corrected chi connectivity index (χ3v) is 8.22. The van der Waals surface area contributed by atoms with Gasteiger partial charge in [0.15, 0.2) is 5.11 Å². The fraction of sp³-hybridized carbons (Fsp3) is 0.389.